The van der Waals surface area contributed by atoms with E-state index in [1.165, 1.54) is 28.3 Å². The van der Waals surface area contributed by atoms with E-state index in [2.05, 4.69) is 26.6 Å². The first-order valence-electron chi connectivity index (χ1n) is 8.88. The number of anilines is 1. The molecule has 0 saturated carbocycles. The minimum Gasteiger partial charge on any atom is -0.301 e. The first kappa shape index (κ1) is 18.7. The van der Waals surface area contributed by atoms with Gasteiger partial charge in [0, 0.05) is 34.0 Å². The van der Waals surface area contributed by atoms with Gasteiger partial charge in [0.25, 0.3) is 5.69 Å². The van der Waals surface area contributed by atoms with Crippen molar-refractivity contribution in [2.45, 2.75) is 18.9 Å². The van der Waals surface area contributed by atoms with E-state index in [0.717, 1.165) is 19.4 Å². The quantitative estimate of drug-likeness (QED) is 0.472. The second-order valence-electron chi connectivity index (χ2n) is 6.54. The van der Waals surface area contributed by atoms with Crippen LogP contribution in [0.1, 0.15) is 23.8 Å². The average Bonchev–Trinajstić information content (AvgIpc) is 3.43. The maximum Gasteiger partial charge on any atom is 0.270 e. The third kappa shape index (κ3) is 4.11. The fourth-order valence-electron chi connectivity index (χ4n) is 3.40. The van der Waals surface area contributed by atoms with Gasteiger partial charge in [-0.05, 0) is 30.8 Å². The largest absolute Gasteiger partial charge is 0.301 e. The predicted molar refractivity (Wildman–Crippen MR) is 111 cm³/mol. The van der Waals surface area contributed by atoms with Crippen LogP contribution in [0.3, 0.4) is 0 Å². The van der Waals surface area contributed by atoms with E-state index >= 15 is 0 Å². The molecule has 0 bridgehead atoms. The van der Waals surface area contributed by atoms with Crippen LogP contribution in [-0.2, 0) is 4.79 Å². The molecule has 1 unspecified atom stereocenters. The summed E-state index contributed by atoms with van der Waals surface area (Å²) in [5.41, 5.74) is 1.29. The molecule has 0 aliphatic carbocycles. The molecule has 0 spiro atoms. The summed E-state index contributed by atoms with van der Waals surface area (Å²) >= 11 is 3.04. The predicted octanol–water partition coefficient (Wildman–Crippen LogP) is 4.56. The van der Waals surface area contributed by atoms with Crippen LogP contribution in [0.15, 0.2) is 47.2 Å². The second kappa shape index (κ2) is 8.17. The summed E-state index contributed by atoms with van der Waals surface area (Å²) in [5, 5.41) is 18.2. The SMILES string of the molecule is O=C(CN1CCCC1c1cccs1)Nc1nc(-c2cccc([N+](=O)[O-])c2)cs1. The number of amides is 1. The van der Waals surface area contributed by atoms with Crippen molar-refractivity contribution in [2.75, 3.05) is 18.4 Å². The first-order valence-corrected chi connectivity index (χ1v) is 10.6. The number of aromatic nitrogens is 1. The monoisotopic (exact) mass is 414 g/mol. The van der Waals surface area contributed by atoms with E-state index < -0.39 is 4.92 Å². The van der Waals surface area contributed by atoms with E-state index in [0.29, 0.717) is 29.0 Å². The van der Waals surface area contributed by atoms with Gasteiger partial charge in [-0.2, -0.15) is 0 Å². The molecule has 1 atom stereocenters. The number of nitrogens with zero attached hydrogens (tertiary/aromatic N) is 3. The minimum absolute atomic E-state index is 0.0183. The van der Waals surface area contributed by atoms with Crippen molar-refractivity contribution in [3.8, 4) is 11.3 Å². The van der Waals surface area contributed by atoms with E-state index in [-0.39, 0.29) is 11.6 Å². The van der Waals surface area contributed by atoms with Crippen LogP contribution in [0.2, 0.25) is 0 Å². The van der Waals surface area contributed by atoms with Gasteiger partial charge >= 0.3 is 0 Å². The third-order valence-electron chi connectivity index (χ3n) is 4.69. The molecule has 2 aromatic heterocycles. The van der Waals surface area contributed by atoms with Crippen LogP contribution in [0, 0.1) is 10.1 Å². The van der Waals surface area contributed by atoms with Gasteiger partial charge in [0.1, 0.15) is 0 Å². The lowest BCUT2D eigenvalue weighted by Gasteiger charge is -2.22. The van der Waals surface area contributed by atoms with Gasteiger partial charge < -0.3 is 5.32 Å². The van der Waals surface area contributed by atoms with E-state index in [4.69, 9.17) is 0 Å². The lowest BCUT2D eigenvalue weighted by molar-refractivity contribution is -0.384. The van der Waals surface area contributed by atoms with Crippen LogP contribution >= 0.6 is 22.7 Å². The molecule has 1 N–H and O–H groups in total. The Morgan fingerprint density at radius 3 is 3.00 bits per heavy atom. The summed E-state index contributed by atoms with van der Waals surface area (Å²) in [6.45, 7) is 1.24. The Bertz CT molecular complexity index is 987. The first-order chi connectivity index (χ1) is 13.6. The van der Waals surface area contributed by atoms with Crippen LogP contribution in [-0.4, -0.2) is 33.8 Å². The number of non-ortho nitro benzene ring substituents is 1. The van der Waals surface area contributed by atoms with Crippen LogP contribution in [0.4, 0.5) is 10.8 Å². The lowest BCUT2D eigenvalue weighted by Crippen LogP contribution is -2.32. The summed E-state index contributed by atoms with van der Waals surface area (Å²) in [7, 11) is 0. The number of hydrogen-bond acceptors (Lipinski definition) is 7. The number of nitro benzene ring substituents is 1. The maximum atomic E-state index is 12.5. The number of carbonyl (C=O) groups excluding carboxylic acids is 1. The van der Waals surface area contributed by atoms with Gasteiger partial charge in [0.2, 0.25) is 5.91 Å². The molecule has 1 fully saturated rings. The van der Waals surface area contributed by atoms with Crippen molar-refractivity contribution < 1.29 is 9.72 Å². The van der Waals surface area contributed by atoms with Gasteiger partial charge in [0.15, 0.2) is 5.13 Å². The molecule has 1 aliphatic heterocycles. The molecule has 1 saturated heterocycles. The van der Waals surface area contributed by atoms with Gasteiger partial charge in [-0.1, -0.05) is 18.2 Å². The number of nitro groups is 1. The molecule has 1 amide bonds. The lowest BCUT2D eigenvalue weighted by atomic mass is 10.1. The maximum absolute atomic E-state index is 12.5. The molecular weight excluding hydrogens is 396 g/mol. The molecular formula is C19H18N4O3S2. The zero-order valence-electron chi connectivity index (χ0n) is 14.9. The van der Waals surface area contributed by atoms with Crippen molar-refractivity contribution in [2.24, 2.45) is 0 Å². The highest BCUT2D eigenvalue weighted by atomic mass is 32.1. The number of hydrogen-bond donors (Lipinski definition) is 1. The molecule has 0 radical (unpaired) electrons. The standard InChI is InChI=1S/C19H18N4O3S2/c24-18(11-22-8-2-6-16(22)17-7-3-9-27-17)21-19-20-15(12-28-19)13-4-1-5-14(10-13)23(25)26/h1,3-5,7,9-10,12,16H,2,6,8,11H2,(H,20,21,24). The number of thiazole rings is 1. The molecule has 9 heteroatoms. The Balaban J connectivity index is 1.40. The fraction of sp³-hybridized carbons (Fsp3) is 0.263. The molecule has 3 aromatic rings. The summed E-state index contributed by atoms with van der Waals surface area (Å²) in [5.74, 6) is -0.0941. The number of rotatable bonds is 6. The Labute approximate surface area is 169 Å². The normalized spacial score (nSPS) is 16.9. The van der Waals surface area contributed by atoms with Gasteiger partial charge in [-0.3, -0.25) is 19.8 Å². The smallest absolute Gasteiger partial charge is 0.270 e. The van der Waals surface area contributed by atoms with Crippen LogP contribution in [0.5, 0.6) is 0 Å². The van der Waals surface area contributed by atoms with Gasteiger partial charge in [0.05, 0.1) is 17.2 Å². The van der Waals surface area contributed by atoms with E-state index in [1.54, 1.807) is 28.8 Å². The highest BCUT2D eigenvalue weighted by Gasteiger charge is 2.28. The topological polar surface area (TPSA) is 88.4 Å². The van der Waals surface area contributed by atoms with Gasteiger partial charge in [-0.15, -0.1) is 22.7 Å². The zero-order chi connectivity index (χ0) is 19.5. The highest BCUT2D eigenvalue weighted by Crippen LogP contribution is 2.34. The van der Waals surface area contributed by atoms with Crippen molar-refractivity contribution in [3.05, 3.63) is 62.1 Å². The van der Waals surface area contributed by atoms with Gasteiger partial charge in [-0.25, -0.2) is 4.98 Å². The number of benzene rings is 1. The average molecular weight is 415 g/mol. The summed E-state index contributed by atoms with van der Waals surface area (Å²) < 4.78 is 0. The summed E-state index contributed by atoms with van der Waals surface area (Å²) in [4.78, 5) is 30.9. The summed E-state index contributed by atoms with van der Waals surface area (Å²) in [6.07, 6.45) is 2.16. The molecule has 1 aromatic carbocycles. The Hall–Kier alpha value is -2.62. The molecule has 3 heterocycles. The fourth-order valence-corrected chi connectivity index (χ4v) is 5.04. The van der Waals surface area contributed by atoms with Crippen molar-refractivity contribution in [1.29, 1.82) is 0 Å². The Morgan fingerprint density at radius 2 is 2.21 bits per heavy atom. The van der Waals surface area contributed by atoms with Crippen LogP contribution in [0.25, 0.3) is 11.3 Å². The number of nitrogens with one attached hydrogen (secondary N) is 1. The number of thiophene rings is 1. The Morgan fingerprint density at radius 1 is 1.32 bits per heavy atom. The highest BCUT2D eigenvalue weighted by molar-refractivity contribution is 7.14. The van der Waals surface area contributed by atoms with Crippen molar-refractivity contribution in [1.82, 2.24) is 9.88 Å². The molecule has 7 nitrogen and oxygen atoms in total. The second-order valence-corrected chi connectivity index (χ2v) is 8.37. The summed E-state index contributed by atoms with van der Waals surface area (Å²) in [6, 6.07) is 10.8. The number of likely N-dealkylation sites (tertiary alicyclic amines) is 1. The van der Waals surface area contributed by atoms with Crippen molar-refractivity contribution >= 4 is 39.4 Å². The van der Waals surface area contributed by atoms with Crippen molar-refractivity contribution in [3.63, 3.8) is 0 Å². The van der Waals surface area contributed by atoms with Crippen LogP contribution < -0.4 is 5.32 Å². The molecule has 144 valence electrons. The number of carbonyl (C=O) groups is 1. The third-order valence-corrected chi connectivity index (χ3v) is 6.42. The molecule has 28 heavy (non-hydrogen) atoms. The van der Waals surface area contributed by atoms with E-state index in [9.17, 15) is 14.9 Å². The molecule has 1 aliphatic rings. The minimum atomic E-state index is -0.432. The Kier molecular flexibility index (Phi) is 5.47. The molecule has 4 rings (SSSR count). The van der Waals surface area contributed by atoms with E-state index in [1.807, 2.05) is 6.07 Å². The zero-order valence-corrected chi connectivity index (χ0v) is 16.5.